The number of hydrogen-bond acceptors (Lipinski definition) is 5. The van der Waals surface area contributed by atoms with Crippen molar-refractivity contribution in [3.8, 4) is 0 Å². The Morgan fingerprint density at radius 2 is 1.53 bits per heavy atom. The van der Waals surface area contributed by atoms with Gasteiger partial charge in [0.25, 0.3) is 0 Å². The second-order valence-corrected chi connectivity index (χ2v) is 2.67. The summed E-state index contributed by atoms with van der Waals surface area (Å²) in [6, 6.07) is 0. The van der Waals surface area contributed by atoms with Crippen LogP contribution < -0.4 is 0 Å². The number of rotatable bonds is 8. The van der Waals surface area contributed by atoms with Crippen molar-refractivity contribution >= 4 is 17.9 Å². The molecule has 15 heavy (non-hydrogen) atoms. The summed E-state index contributed by atoms with van der Waals surface area (Å²) in [6.45, 7) is -0.0227. The maximum atomic E-state index is 10.7. The van der Waals surface area contributed by atoms with Gasteiger partial charge in [0, 0.05) is 6.42 Å². The highest BCUT2D eigenvalue weighted by molar-refractivity contribution is 5.76. The molecule has 2 N–H and O–H groups in total. The van der Waals surface area contributed by atoms with Gasteiger partial charge in [0.05, 0.1) is 19.4 Å². The van der Waals surface area contributed by atoms with E-state index < -0.39 is 17.9 Å². The zero-order chi connectivity index (χ0) is 11.7. The summed E-state index contributed by atoms with van der Waals surface area (Å²) < 4.78 is 0. The van der Waals surface area contributed by atoms with Crippen LogP contribution in [0.5, 0.6) is 0 Å². The average Bonchev–Trinajstić information content (AvgIpc) is 2.13. The molecular weight excluding hydrogens is 208 g/mol. The van der Waals surface area contributed by atoms with Crippen LogP contribution in [0.3, 0.4) is 0 Å². The molecule has 7 heteroatoms. The lowest BCUT2D eigenvalue weighted by Crippen LogP contribution is -2.09. The SMILES string of the molecule is O=C(O)CCCOOC(=O)CCC(=O)O. The molecule has 0 rings (SSSR count). The Kier molecular flexibility index (Phi) is 6.90. The molecule has 0 heterocycles. The van der Waals surface area contributed by atoms with Crippen molar-refractivity contribution in [1.29, 1.82) is 0 Å². The summed E-state index contributed by atoms with van der Waals surface area (Å²) in [5, 5.41) is 16.5. The molecular formula is C8H12O7. The van der Waals surface area contributed by atoms with Crippen LogP contribution in [0.1, 0.15) is 25.7 Å². The topological polar surface area (TPSA) is 110 Å². The number of carboxylic acids is 2. The van der Waals surface area contributed by atoms with Crippen LogP contribution >= 0.6 is 0 Å². The highest BCUT2D eigenvalue weighted by atomic mass is 17.2. The van der Waals surface area contributed by atoms with Crippen LogP contribution in [0.25, 0.3) is 0 Å². The molecule has 0 unspecified atom stereocenters. The minimum absolute atomic E-state index is 0.0227. The first-order chi connectivity index (χ1) is 7.02. The predicted molar refractivity (Wildman–Crippen MR) is 45.8 cm³/mol. The van der Waals surface area contributed by atoms with Gasteiger partial charge in [-0.15, -0.1) is 0 Å². The van der Waals surface area contributed by atoms with Crippen LogP contribution in [0, 0.1) is 0 Å². The zero-order valence-corrected chi connectivity index (χ0v) is 7.97. The van der Waals surface area contributed by atoms with E-state index in [4.69, 9.17) is 10.2 Å². The molecule has 0 bridgehead atoms. The molecule has 0 fully saturated rings. The summed E-state index contributed by atoms with van der Waals surface area (Å²) in [7, 11) is 0. The Balaban J connectivity index is 3.31. The van der Waals surface area contributed by atoms with Gasteiger partial charge in [-0.2, -0.15) is 4.89 Å². The van der Waals surface area contributed by atoms with Crippen molar-refractivity contribution < 1.29 is 34.4 Å². The van der Waals surface area contributed by atoms with E-state index in [-0.39, 0.29) is 32.3 Å². The van der Waals surface area contributed by atoms with Gasteiger partial charge < -0.3 is 10.2 Å². The lowest BCUT2D eigenvalue weighted by atomic mass is 10.3. The fraction of sp³-hybridized carbons (Fsp3) is 0.625. The van der Waals surface area contributed by atoms with E-state index in [2.05, 4.69) is 9.78 Å². The highest BCUT2D eigenvalue weighted by Crippen LogP contribution is 1.95. The fourth-order valence-corrected chi connectivity index (χ4v) is 0.640. The molecule has 0 spiro atoms. The van der Waals surface area contributed by atoms with Gasteiger partial charge in [0.1, 0.15) is 0 Å². The van der Waals surface area contributed by atoms with Crippen LogP contribution in [-0.2, 0) is 24.2 Å². The minimum Gasteiger partial charge on any atom is -0.481 e. The van der Waals surface area contributed by atoms with Gasteiger partial charge in [0.15, 0.2) is 0 Å². The largest absolute Gasteiger partial charge is 0.481 e. The molecule has 0 aromatic rings. The first-order valence-electron chi connectivity index (χ1n) is 4.28. The summed E-state index contributed by atoms with van der Waals surface area (Å²) in [5.74, 6) is -2.85. The van der Waals surface area contributed by atoms with Crippen molar-refractivity contribution in [2.75, 3.05) is 6.61 Å². The van der Waals surface area contributed by atoms with Gasteiger partial charge in [-0.25, -0.2) is 4.79 Å². The van der Waals surface area contributed by atoms with E-state index in [1.165, 1.54) is 0 Å². The number of carboxylic acid groups (broad SMARTS) is 2. The Hall–Kier alpha value is -1.63. The van der Waals surface area contributed by atoms with Crippen molar-refractivity contribution in [3.63, 3.8) is 0 Å². The molecule has 0 aromatic heterocycles. The maximum absolute atomic E-state index is 10.7. The molecule has 0 atom stereocenters. The van der Waals surface area contributed by atoms with E-state index in [1.807, 2.05) is 0 Å². The van der Waals surface area contributed by atoms with E-state index in [0.29, 0.717) is 0 Å². The minimum atomic E-state index is -1.10. The van der Waals surface area contributed by atoms with E-state index in [9.17, 15) is 14.4 Å². The third kappa shape index (κ3) is 10.3. The van der Waals surface area contributed by atoms with Crippen molar-refractivity contribution in [2.24, 2.45) is 0 Å². The molecule has 0 radical (unpaired) electrons. The molecule has 7 nitrogen and oxygen atoms in total. The quantitative estimate of drug-likeness (QED) is 0.341. The molecule has 0 aliphatic rings. The van der Waals surface area contributed by atoms with Crippen LogP contribution in [0.4, 0.5) is 0 Å². The lowest BCUT2D eigenvalue weighted by Gasteiger charge is -2.01. The summed E-state index contributed by atoms with van der Waals surface area (Å²) in [4.78, 5) is 39.4. The van der Waals surface area contributed by atoms with Crippen molar-refractivity contribution in [2.45, 2.75) is 25.7 Å². The zero-order valence-electron chi connectivity index (χ0n) is 7.97. The van der Waals surface area contributed by atoms with E-state index in [0.717, 1.165) is 0 Å². The second-order valence-electron chi connectivity index (χ2n) is 2.67. The molecule has 86 valence electrons. The first-order valence-corrected chi connectivity index (χ1v) is 4.28. The predicted octanol–water partition coefficient (Wildman–Crippen LogP) is 0.191. The average molecular weight is 220 g/mol. The lowest BCUT2D eigenvalue weighted by molar-refractivity contribution is -0.272. The normalized spacial score (nSPS) is 9.60. The van der Waals surface area contributed by atoms with Crippen LogP contribution in [0.2, 0.25) is 0 Å². The fourth-order valence-electron chi connectivity index (χ4n) is 0.640. The Morgan fingerprint density at radius 1 is 0.933 bits per heavy atom. The third-order valence-corrected chi connectivity index (χ3v) is 1.31. The van der Waals surface area contributed by atoms with E-state index in [1.54, 1.807) is 0 Å². The summed E-state index contributed by atoms with van der Waals surface area (Å²) >= 11 is 0. The number of carbonyl (C=O) groups is 3. The number of aliphatic carboxylic acids is 2. The third-order valence-electron chi connectivity index (χ3n) is 1.31. The monoisotopic (exact) mass is 220 g/mol. The van der Waals surface area contributed by atoms with Crippen LogP contribution in [0.15, 0.2) is 0 Å². The molecule has 0 saturated carbocycles. The molecule has 0 saturated heterocycles. The van der Waals surface area contributed by atoms with Gasteiger partial charge in [-0.1, -0.05) is 0 Å². The van der Waals surface area contributed by atoms with Crippen LogP contribution in [-0.4, -0.2) is 34.7 Å². The summed E-state index contributed by atoms with van der Waals surface area (Å²) in [5.41, 5.74) is 0. The van der Waals surface area contributed by atoms with Gasteiger partial charge in [0.2, 0.25) is 0 Å². The molecule has 0 aliphatic heterocycles. The van der Waals surface area contributed by atoms with Crippen molar-refractivity contribution in [3.05, 3.63) is 0 Å². The number of carbonyl (C=O) groups excluding carboxylic acids is 1. The second kappa shape index (κ2) is 7.74. The Labute approximate surface area is 85.5 Å². The molecule has 0 amide bonds. The number of hydrogen-bond donors (Lipinski definition) is 2. The Bertz CT molecular complexity index is 235. The first kappa shape index (κ1) is 13.4. The van der Waals surface area contributed by atoms with Gasteiger partial charge in [-0.3, -0.25) is 14.5 Å². The molecule has 0 aliphatic carbocycles. The molecule has 0 aromatic carbocycles. The van der Waals surface area contributed by atoms with Crippen molar-refractivity contribution in [1.82, 2.24) is 0 Å². The smallest absolute Gasteiger partial charge is 0.342 e. The highest BCUT2D eigenvalue weighted by Gasteiger charge is 2.07. The maximum Gasteiger partial charge on any atom is 0.342 e. The van der Waals surface area contributed by atoms with Gasteiger partial charge >= 0.3 is 17.9 Å². The summed E-state index contributed by atoms with van der Waals surface area (Å²) in [6.07, 6.45) is -0.445. The van der Waals surface area contributed by atoms with Gasteiger partial charge in [-0.05, 0) is 6.42 Å². The standard InChI is InChI=1S/C8H12O7/c9-6(10)2-1-5-14-15-8(13)4-3-7(11)12/h1-5H2,(H,9,10)(H,11,12). The Morgan fingerprint density at radius 3 is 2.07 bits per heavy atom. The van der Waals surface area contributed by atoms with E-state index >= 15 is 0 Å².